The molecule has 0 saturated heterocycles. The first-order chi connectivity index (χ1) is 9.83. The van der Waals surface area contributed by atoms with E-state index in [-0.39, 0.29) is 9.88 Å². The molecule has 0 radical (unpaired) electrons. The first kappa shape index (κ1) is 15.9. The van der Waals surface area contributed by atoms with Crippen molar-refractivity contribution in [2.45, 2.75) is 25.2 Å². The first-order valence-corrected chi connectivity index (χ1v) is 8.93. The fourth-order valence-corrected chi connectivity index (χ4v) is 4.05. The largest absolute Gasteiger partial charge is 0.389 e. The monoisotopic (exact) mass is 341 g/mol. The van der Waals surface area contributed by atoms with Crippen LogP contribution in [0.4, 0.5) is 5.13 Å². The SMILES string of the molecule is CCc1nc(NS(=O)(=O)c2ccc(C(N)=S)cc2)sc1C. The quantitative estimate of drug-likeness (QED) is 0.816. The Morgan fingerprint density at radius 3 is 2.48 bits per heavy atom. The molecule has 1 aromatic carbocycles. The van der Waals surface area contributed by atoms with Crippen LogP contribution in [-0.4, -0.2) is 18.4 Å². The normalized spacial score (nSPS) is 11.3. The molecular weight excluding hydrogens is 326 g/mol. The number of benzene rings is 1. The Balaban J connectivity index is 2.26. The van der Waals surface area contributed by atoms with Gasteiger partial charge >= 0.3 is 0 Å². The summed E-state index contributed by atoms with van der Waals surface area (Å²) in [6.07, 6.45) is 0.771. The van der Waals surface area contributed by atoms with Crippen molar-refractivity contribution in [2.24, 2.45) is 5.73 Å². The molecule has 0 aliphatic heterocycles. The van der Waals surface area contributed by atoms with Crippen LogP contribution in [0.15, 0.2) is 29.2 Å². The molecule has 0 bridgehead atoms. The van der Waals surface area contributed by atoms with Gasteiger partial charge in [0, 0.05) is 10.4 Å². The molecule has 0 aliphatic rings. The summed E-state index contributed by atoms with van der Waals surface area (Å²) in [5.41, 5.74) is 7.02. The molecule has 21 heavy (non-hydrogen) atoms. The Bertz CT molecular complexity index is 764. The molecule has 0 unspecified atom stereocenters. The zero-order chi connectivity index (χ0) is 15.6. The maximum Gasteiger partial charge on any atom is 0.263 e. The van der Waals surface area contributed by atoms with Crippen LogP contribution in [-0.2, 0) is 16.4 Å². The molecule has 2 rings (SSSR count). The average molecular weight is 341 g/mol. The first-order valence-electron chi connectivity index (χ1n) is 6.22. The highest BCUT2D eigenvalue weighted by Gasteiger charge is 2.17. The van der Waals surface area contributed by atoms with Crippen molar-refractivity contribution in [3.05, 3.63) is 40.4 Å². The van der Waals surface area contributed by atoms with Crippen LogP contribution < -0.4 is 10.5 Å². The summed E-state index contributed by atoms with van der Waals surface area (Å²) < 4.78 is 27.1. The Hall–Kier alpha value is -1.51. The van der Waals surface area contributed by atoms with Crippen LogP contribution in [0.2, 0.25) is 0 Å². The van der Waals surface area contributed by atoms with Gasteiger partial charge in [0.2, 0.25) is 0 Å². The summed E-state index contributed by atoms with van der Waals surface area (Å²) in [6, 6.07) is 6.11. The van der Waals surface area contributed by atoms with E-state index < -0.39 is 10.0 Å². The Labute approximate surface area is 133 Å². The Morgan fingerprint density at radius 1 is 1.38 bits per heavy atom. The van der Waals surface area contributed by atoms with Gasteiger partial charge in [-0.25, -0.2) is 13.4 Å². The molecule has 3 N–H and O–H groups in total. The molecule has 0 aliphatic carbocycles. The highest BCUT2D eigenvalue weighted by molar-refractivity contribution is 7.93. The van der Waals surface area contributed by atoms with Crippen molar-refractivity contribution in [3.8, 4) is 0 Å². The molecule has 2 aromatic rings. The summed E-state index contributed by atoms with van der Waals surface area (Å²) in [6.45, 7) is 3.90. The Morgan fingerprint density at radius 2 is 2.00 bits per heavy atom. The van der Waals surface area contributed by atoms with Crippen molar-refractivity contribution < 1.29 is 8.42 Å². The van der Waals surface area contributed by atoms with Crippen LogP contribution in [0, 0.1) is 6.92 Å². The van der Waals surface area contributed by atoms with E-state index in [2.05, 4.69) is 9.71 Å². The number of anilines is 1. The van der Waals surface area contributed by atoms with Crippen molar-refractivity contribution >= 4 is 43.7 Å². The van der Waals surface area contributed by atoms with Gasteiger partial charge in [-0.2, -0.15) is 0 Å². The molecule has 0 spiro atoms. The van der Waals surface area contributed by atoms with E-state index in [0.29, 0.717) is 10.7 Å². The molecule has 0 amide bonds. The van der Waals surface area contributed by atoms with Crippen molar-refractivity contribution in [3.63, 3.8) is 0 Å². The lowest BCUT2D eigenvalue weighted by Gasteiger charge is -2.06. The molecule has 8 heteroatoms. The van der Waals surface area contributed by atoms with Gasteiger partial charge in [0.15, 0.2) is 5.13 Å². The van der Waals surface area contributed by atoms with Crippen LogP contribution in [0.3, 0.4) is 0 Å². The standard InChI is InChI=1S/C13H15N3O2S3/c1-3-11-8(2)20-13(15-11)16-21(17,18)10-6-4-9(5-7-10)12(14)19/h4-7H,3H2,1-2H3,(H2,14,19)(H,15,16). The minimum atomic E-state index is -3.65. The van der Waals surface area contributed by atoms with Crippen LogP contribution in [0.5, 0.6) is 0 Å². The van der Waals surface area contributed by atoms with Crippen molar-refractivity contribution in [1.29, 1.82) is 0 Å². The molecule has 5 nitrogen and oxygen atoms in total. The number of nitrogens with two attached hydrogens (primary N) is 1. The minimum absolute atomic E-state index is 0.147. The maximum absolute atomic E-state index is 12.3. The predicted octanol–water partition coefficient (Wildman–Crippen LogP) is 2.45. The number of hydrogen-bond acceptors (Lipinski definition) is 5. The highest BCUT2D eigenvalue weighted by Crippen LogP contribution is 2.25. The number of aromatic nitrogens is 1. The third-order valence-corrected chi connectivity index (χ3v) is 5.55. The molecular formula is C13H15N3O2S3. The number of rotatable bonds is 5. The lowest BCUT2D eigenvalue weighted by molar-refractivity contribution is 0.601. The van der Waals surface area contributed by atoms with Gasteiger partial charge in [-0.15, -0.1) is 11.3 Å². The number of hydrogen-bond donors (Lipinski definition) is 2. The summed E-state index contributed by atoms with van der Waals surface area (Å²) in [5, 5.41) is 0.378. The van der Waals surface area contributed by atoms with E-state index in [9.17, 15) is 8.42 Å². The second-order valence-electron chi connectivity index (χ2n) is 4.37. The van der Waals surface area contributed by atoms with Gasteiger partial charge in [-0.05, 0) is 25.5 Å². The van der Waals surface area contributed by atoms with E-state index in [0.717, 1.165) is 17.0 Å². The minimum Gasteiger partial charge on any atom is -0.389 e. The molecule has 0 saturated carbocycles. The summed E-state index contributed by atoms with van der Waals surface area (Å²) in [7, 11) is -3.65. The average Bonchev–Trinajstić information content (AvgIpc) is 2.78. The molecule has 1 aromatic heterocycles. The van der Waals surface area contributed by atoms with E-state index in [4.69, 9.17) is 18.0 Å². The summed E-state index contributed by atoms with van der Waals surface area (Å²) in [4.78, 5) is 5.66. The van der Waals surface area contributed by atoms with E-state index in [1.54, 1.807) is 12.1 Å². The molecule has 0 atom stereocenters. The maximum atomic E-state index is 12.3. The van der Waals surface area contributed by atoms with Crippen LogP contribution >= 0.6 is 23.6 Å². The zero-order valence-corrected chi connectivity index (χ0v) is 14.0. The lowest BCUT2D eigenvalue weighted by atomic mass is 10.2. The summed E-state index contributed by atoms with van der Waals surface area (Å²) in [5.74, 6) is 0. The third-order valence-electron chi connectivity index (χ3n) is 2.90. The van der Waals surface area contributed by atoms with Gasteiger partial charge < -0.3 is 5.73 Å². The van der Waals surface area contributed by atoms with E-state index in [1.807, 2.05) is 13.8 Å². The zero-order valence-electron chi connectivity index (χ0n) is 11.6. The second-order valence-corrected chi connectivity index (χ2v) is 7.70. The number of thiazole rings is 1. The van der Waals surface area contributed by atoms with E-state index >= 15 is 0 Å². The second kappa shape index (κ2) is 6.08. The van der Waals surface area contributed by atoms with Gasteiger partial charge in [-0.3, -0.25) is 4.72 Å². The summed E-state index contributed by atoms with van der Waals surface area (Å²) >= 11 is 6.16. The smallest absolute Gasteiger partial charge is 0.263 e. The lowest BCUT2D eigenvalue weighted by Crippen LogP contribution is -2.14. The number of nitrogens with one attached hydrogen (secondary N) is 1. The number of thiocarbonyl (C=S) groups is 1. The van der Waals surface area contributed by atoms with E-state index in [1.165, 1.54) is 23.5 Å². The van der Waals surface area contributed by atoms with Crippen molar-refractivity contribution in [2.75, 3.05) is 4.72 Å². The van der Waals surface area contributed by atoms with Crippen LogP contribution in [0.1, 0.15) is 23.1 Å². The van der Waals surface area contributed by atoms with Gasteiger partial charge in [0.25, 0.3) is 10.0 Å². The third kappa shape index (κ3) is 3.58. The fraction of sp³-hybridized carbons (Fsp3) is 0.231. The molecule has 1 heterocycles. The highest BCUT2D eigenvalue weighted by atomic mass is 32.2. The van der Waals surface area contributed by atoms with Gasteiger partial charge in [0.1, 0.15) is 4.99 Å². The topological polar surface area (TPSA) is 85.1 Å². The number of sulfonamides is 1. The number of nitrogens with zero attached hydrogens (tertiary/aromatic N) is 1. The van der Waals surface area contributed by atoms with Crippen molar-refractivity contribution in [1.82, 2.24) is 4.98 Å². The van der Waals surface area contributed by atoms with Crippen LogP contribution in [0.25, 0.3) is 0 Å². The van der Waals surface area contributed by atoms with Gasteiger partial charge in [-0.1, -0.05) is 31.3 Å². The van der Waals surface area contributed by atoms with Gasteiger partial charge in [0.05, 0.1) is 10.6 Å². The molecule has 112 valence electrons. The predicted molar refractivity (Wildman–Crippen MR) is 89.4 cm³/mol. The fourth-order valence-electron chi connectivity index (χ4n) is 1.77. The molecule has 0 fully saturated rings. The number of aryl methyl sites for hydroxylation is 2. The Kier molecular flexibility index (Phi) is 4.60.